The standard InChI is InChI=1S/C16H26N4O2/c1-12(11-20(4)9-8-19(2)3)16(21)18-13-6-7-15(22-5)14(17)10-13/h6-7,10H,1,8-9,11,17H2,2-5H3,(H,18,21). The molecule has 1 rings (SSSR count). The third kappa shape index (κ3) is 5.75. The summed E-state index contributed by atoms with van der Waals surface area (Å²) in [5.74, 6) is 0.376. The Morgan fingerprint density at radius 3 is 2.55 bits per heavy atom. The first-order valence-corrected chi connectivity index (χ1v) is 7.09. The normalized spacial score (nSPS) is 10.8. The number of hydrogen-bond acceptors (Lipinski definition) is 5. The summed E-state index contributed by atoms with van der Waals surface area (Å²) in [5.41, 5.74) is 7.44. The van der Waals surface area contributed by atoms with Crippen LogP contribution in [-0.4, -0.2) is 63.6 Å². The third-order valence-corrected chi connectivity index (χ3v) is 3.20. The molecule has 1 amide bonds. The molecule has 0 bridgehead atoms. The predicted octanol–water partition coefficient (Wildman–Crippen LogP) is 1.27. The van der Waals surface area contributed by atoms with E-state index in [2.05, 4.69) is 21.7 Å². The fraction of sp³-hybridized carbons (Fsp3) is 0.438. The van der Waals surface area contributed by atoms with E-state index >= 15 is 0 Å². The monoisotopic (exact) mass is 306 g/mol. The molecule has 0 radical (unpaired) electrons. The first-order chi connectivity index (χ1) is 10.3. The largest absolute Gasteiger partial charge is 0.495 e. The lowest BCUT2D eigenvalue weighted by atomic mass is 10.2. The van der Waals surface area contributed by atoms with Crippen LogP contribution in [0.2, 0.25) is 0 Å². The van der Waals surface area contributed by atoms with E-state index in [1.807, 2.05) is 21.1 Å². The van der Waals surface area contributed by atoms with Crippen LogP contribution < -0.4 is 15.8 Å². The second-order valence-corrected chi connectivity index (χ2v) is 5.56. The van der Waals surface area contributed by atoms with Crippen LogP contribution >= 0.6 is 0 Å². The molecule has 122 valence electrons. The predicted molar refractivity (Wildman–Crippen MR) is 91.2 cm³/mol. The molecule has 0 saturated heterocycles. The lowest BCUT2D eigenvalue weighted by Gasteiger charge is -2.20. The molecule has 22 heavy (non-hydrogen) atoms. The van der Waals surface area contributed by atoms with Crippen LogP contribution in [0.25, 0.3) is 0 Å². The van der Waals surface area contributed by atoms with Crippen molar-refractivity contribution in [3.05, 3.63) is 30.4 Å². The summed E-state index contributed by atoms with van der Waals surface area (Å²) in [6.45, 7) is 6.17. The van der Waals surface area contributed by atoms with Crippen LogP contribution in [0.1, 0.15) is 0 Å². The molecule has 1 aromatic rings. The first kappa shape index (κ1) is 18.0. The maximum atomic E-state index is 12.1. The molecule has 0 saturated carbocycles. The molecule has 0 atom stereocenters. The Hall–Kier alpha value is -2.05. The lowest BCUT2D eigenvalue weighted by molar-refractivity contribution is -0.113. The summed E-state index contributed by atoms with van der Waals surface area (Å²) >= 11 is 0. The highest BCUT2D eigenvalue weighted by Gasteiger charge is 2.11. The summed E-state index contributed by atoms with van der Waals surface area (Å²) < 4.78 is 5.09. The van der Waals surface area contributed by atoms with Gasteiger partial charge in [0.25, 0.3) is 5.91 Å². The number of nitrogen functional groups attached to an aromatic ring is 1. The molecule has 0 aliphatic rings. The SMILES string of the molecule is C=C(CN(C)CCN(C)C)C(=O)Nc1ccc(OC)c(N)c1. The van der Waals surface area contributed by atoms with Gasteiger partial charge in [0, 0.05) is 30.9 Å². The van der Waals surface area contributed by atoms with Gasteiger partial charge in [-0.3, -0.25) is 4.79 Å². The van der Waals surface area contributed by atoms with Crippen molar-refractivity contribution >= 4 is 17.3 Å². The second-order valence-electron chi connectivity index (χ2n) is 5.56. The number of rotatable bonds is 8. The zero-order valence-electron chi connectivity index (χ0n) is 13.8. The van der Waals surface area contributed by atoms with Crippen molar-refractivity contribution in [2.24, 2.45) is 0 Å². The zero-order chi connectivity index (χ0) is 16.7. The van der Waals surface area contributed by atoms with E-state index in [0.717, 1.165) is 13.1 Å². The topological polar surface area (TPSA) is 70.8 Å². The van der Waals surface area contributed by atoms with Gasteiger partial charge >= 0.3 is 0 Å². The fourth-order valence-electron chi connectivity index (χ4n) is 1.88. The molecule has 0 aliphatic carbocycles. The molecule has 6 nitrogen and oxygen atoms in total. The van der Waals surface area contributed by atoms with Gasteiger partial charge in [-0.25, -0.2) is 0 Å². The summed E-state index contributed by atoms with van der Waals surface area (Å²) in [6, 6.07) is 5.13. The summed E-state index contributed by atoms with van der Waals surface area (Å²) in [7, 11) is 7.55. The minimum Gasteiger partial charge on any atom is -0.495 e. The van der Waals surface area contributed by atoms with Crippen molar-refractivity contribution < 1.29 is 9.53 Å². The van der Waals surface area contributed by atoms with E-state index < -0.39 is 0 Å². The molecule has 0 heterocycles. The van der Waals surface area contributed by atoms with E-state index in [4.69, 9.17) is 10.5 Å². The summed E-state index contributed by atoms with van der Waals surface area (Å²) in [5, 5.41) is 2.79. The van der Waals surface area contributed by atoms with Gasteiger partial charge < -0.3 is 25.6 Å². The first-order valence-electron chi connectivity index (χ1n) is 7.09. The molecule has 0 aliphatic heterocycles. The van der Waals surface area contributed by atoms with Crippen molar-refractivity contribution in [1.29, 1.82) is 0 Å². The number of likely N-dealkylation sites (N-methyl/N-ethyl adjacent to an activating group) is 2. The highest BCUT2D eigenvalue weighted by molar-refractivity contribution is 6.03. The number of nitrogens with two attached hydrogens (primary N) is 1. The number of carbonyl (C=O) groups is 1. The number of amides is 1. The van der Waals surface area contributed by atoms with Crippen molar-refractivity contribution in [2.75, 3.05) is 58.9 Å². The number of hydrogen-bond donors (Lipinski definition) is 2. The van der Waals surface area contributed by atoms with Crippen LogP contribution in [0.4, 0.5) is 11.4 Å². The average Bonchev–Trinajstić information content (AvgIpc) is 2.45. The highest BCUT2D eigenvalue weighted by atomic mass is 16.5. The smallest absolute Gasteiger partial charge is 0.252 e. The van der Waals surface area contributed by atoms with Gasteiger partial charge in [0.05, 0.1) is 12.8 Å². The van der Waals surface area contributed by atoms with E-state index in [-0.39, 0.29) is 5.91 Å². The third-order valence-electron chi connectivity index (χ3n) is 3.20. The molecule has 0 unspecified atom stereocenters. The number of nitrogens with one attached hydrogen (secondary N) is 1. The van der Waals surface area contributed by atoms with Crippen molar-refractivity contribution in [3.63, 3.8) is 0 Å². The molecule has 1 aromatic carbocycles. The van der Waals surface area contributed by atoms with Crippen LogP contribution in [-0.2, 0) is 4.79 Å². The molecular weight excluding hydrogens is 280 g/mol. The number of benzene rings is 1. The van der Waals surface area contributed by atoms with Crippen molar-refractivity contribution in [2.45, 2.75) is 0 Å². The van der Waals surface area contributed by atoms with E-state index in [1.54, 1.807) is 25.3 Å². The number of anilines is 2. The van der Waals surface area contributed by atoms with Crippen LogP contribution in [0.5, 0.6) is 5.75 Å². The minimum absolute atomic E-state index is 0.207. The Balaban J connectivity index is 2.53. The van der Waals surface area contributed by atoms with E-state index in [1.165, 1.54) is 0 Å². The van der Waals surface area contributed by atoms with Crippen molar-refractivity contribution in [3.8, 4) is 5.75 Å². The van der Waals surface area contributed by atoms with E-state index in [0.29, 0.717) is 29.2 Å². The maximum absolute atomic E-state index is 12.1. The van der Waals surface area contributed by atoms with Crippen LogP contribution in [0.3, 0.4) is 0 Å². The van der Waals surface area contributed by atoms with Crippen molar-refractivity contribution in [1.82, 2.24) is 9.80 Å². The average molecular weight is 306 g/mol. The quantitative estimate of drug-likeness (QED) is 0.559. The number of nitrogens with zero attached hydrogens (tertiary/aromatic N) is 2. The van der Waals surface area contributed by atoms with Gasteiger partial charge in [0.15, 0.2) is 0 Å². The van der Waals surface area contributed by atoms with Gasteiger partial charge in [-0.2, -0.15) is 0 Å². The lowest BCUT2D eigenvalue weighted by Crippen LogP contribution is -2.32. The van der Waals surface area contributed by atoms with E-state index in [9.17, 15) is 4.79 Å². The van der Waals surface area contributed by atoms with Gasteiger partial charge in [0.2, 0.25) is 0 Å². The maximum Gasteiger partial charge on any atom is 0.252 e. The highest BCUT2D eigenvalue weighted by Crippen LogP contribution is 2.24. The molecular formula is C16H26N4O2. The molecule has 0 aromatic heterocycles. The number of carbonyl (C=O) groups excluding carboxylic acids is 1. The summed E-state index contributed by atoms with van der Waals surface area (Å²) in [6.07, 6.45) is 0. The fourth-order valence-corrected chi connectivity index (χ4v) is 1.88. The zero-order valence-corrected chi connectivity index (χ0v) is 13.8. The van der Waals surface area contributed by atoms with Gasteiger partial charge in [-0.1, -0.05) is 6.58 Å². The minimum atomic E-state index is -0.207. The Labute approximate surface area is 132 Å². The van der Waals surface area contributed by atoms with Gasteiger partial charge in [-0.15, -0.1) is 0 Å². The Kier molecular flexibility index (Phi) is 6.88. The molecule has 0 spiro atoms. The Morgan fingerprint density at radius 2 is 2.00 bits per heavy atom. The Bertz CT molecular complexity index is 529. The van der Waals surface area contributed by atoms with Crippen LogP contribution in [0, 0.1) is 0 Å². The summed E-state index contributed by atoms with van der Waals surface area (Å²) in [4.78, 5) is 16.3. The van der Waals surface area contributed by atoms with Crippen LogP contribution in [0.15, 0.2) is 30.4 Å². The molecule has 3 N–H and O–H groups in total. The number of ether oxygens (including phenoxy) is 1. The molecule has 0 fully saturated rings. The van der Waals surface area contributed by atoms with Gasteiger partial charge in [0.1, 0.15) is 5.75 Å². The van der Waals surface area contributed by atoms with Gasteiger partial charge in [-0.05, 0) is 39.3 Å². The Morgan fingerprint density at radius 1 is 1.32 bits per heavy atom. The second kappa shape index (κ2) is 8.41. The molecule has 6 heteroatoms. The number of methoxy groups -OCH3 is 1.